The number of hydrogen-bond acceptors (Lipinski definition) is 1. The number of anilines is 3. The Hall–Kier alpha value is -7.22. The molecule has 1 spiro atoms. The van der Waals surface area contributed by atoms with Gasteiger partial charge in [0, 0.05) is 16.9 Å². The van der Waals surface area contributed by atoms with Crippen LogP contribution in [0, 0.1) is 0 Å². The molecular weight excluding hydrogens is 819 g/mol. The fourth-order valence-electron chi connectivity index (χ4n) is 12.9. The summed E-state index contributed by atoms with van der Waals surface area (Å²) in [5, 5.41) is 0. The predicted molar refractivity (Wildman–Crippen MR) is 286 cm³/mol. The molecule has 1 nitrogen and oxygen atoms in total. The minimum absolute atomic E-state index is 0.0684. The molecule has 0 heterocycles. The zero-order chi connectivity index (χ0) is 45.8. The van der Waals surface area contributed by atoms with Gasteiger partial charge in [0.05, 0.1) is 11.1 Å². The first kappa shape index (κ1) is 41.0. The Morgan fingerprint density at radius 2 is 0.809 bits per heavy atom. The van der Waals surface area contributed by atoms with E-state index in [1.54, 1.807) is 0 Å². The molecule has 0 atom stereocenters. The van der Waals surface area contributed by atoms with Crippen molar-refractivity contribution in [2.75, 3.05) is 4.90 Å². The van der Waals surface area contributed by atoms with E-state index >= 15 is 0 Å². The van der Waals surface area contributed by atoms with Gasteiger partial charge in [-0.2, -0.15) is 0 Å². The molecule has 0 N–H and O–H groups in total. The van der Waals surface area contributed by atoms with E-state index in [-0.39, 0.29) is 10.8 Å². The molecule has 330 valence electrons. The molecule has 68 heavy (non-hydrogen) atoms. The number of hydrogen-bond donors (Lipinski definition) is 0. The molecule has 0 fully saturated rings. The van der Waals surface area contributed by atoms with Crippen LogP contribution in [0.25, 0.3) is 55.6 Å². The third kappa shape index (κ3) is 6.21. The average molecular weight is 876 g/mol. The SMILES string of the molecule is CC1(C)CCC(C)(C)c2cc(-c3cc4c(cc3N(c3ccc(-c5ccc(-c6ccccc6)cc5)cc3)c3ccc5c(c3)CCCC5)C3(c5ccccc5-c5ccccc53)c3ccccc3-4)ccc21. The summed E-state index contributed by atoms with van der Waals surface area (Å²) >= 11 is 0. The predicted octanol–water partition coefficient (Wildman–Crippen LogP) is 17.7. The van der Waals surface area contributed by atoms with E-state index in [1.165, 1.54) is 137 Å². The average Bonchev–Trinajstić information content (AvgIpc) is 3.85. The van der Waals surface area contributed by atoms with Gasteiger partial charge in [-0.1, -0.05) is 191 Å². The summed E-state index contributed by atoms with van der Waals surface area (Å²) in [6.07, 6.45) is 7.13. The van der Waals surface area contributed by atoms with Crippen molar-refractivity contribution in [2.45, 2.75) is 82.5 Å². The summed E-state index contributed by atoms with van der Waals surface area (Å²) in [6.45, 7) is 9.79. The van der Waals surface area contributed by atoms with Gasteiger partial charge in [-0.15, -0.1) is 0 Å². The molecule has 1 heteroatoms. The molecule has 0 unspecified atom stereocenters. The van der Waals surface area contributed by atoms with Gasteiger partial charge >= 0.3 is 0 Å². The summed E-state index contributed by atoms with van der Waals surface area (Å²) in [5.41, 5.74) is 27.4. The highest BCUT2D eigenvalue weighted by Gasteiger charge is 2.52. The zero-order valence-corrected chi connectivity index (χ0v) is 39.7. The Kier molecular flexibility index (Phi) is 9.29. The van der Waals surface area contributed by atoms with Crippen LogP contribution in [0.15, 0.2) is 200 Å². The molecule has 0 saturated heterocycles. The fraction of sp³-hybridized carbons (Fsp3) is 0.194. The van der Waals surface area contributed by atoms with Crippen molar-refractivity contribution in [1.82, 2.24) is 0 Å². The van der Waals surface area contributed by atoms with Gasteiger partial charge in [0.25, 0.3) is 0 Å². The lowest BCUT2D eigenvalue weighted by Crippen LogP contribution is -2.33. The zero-order valence-electron chi connectivity index (χ0n) is 39.7. The Labute approximate surface area is 402 Å². The van der Waals surface area contributed by atoms with Crippen molar-refractivity contribution in [3.05, 3.63) is 245 Å². The van der Waals surface area contributed by atoms with Crippen LogP contribution in [0.5, 0.6) is 0 Å². The molecule has 4 aliphatic carbocycles. The second-order valence-corrected chi connectivity index (χ2v) is 21.3. The van der Waals surface area contributed by atoms with E-state index in [0.717, 1.165) is 18.5 Å². The molecule has 0 aromatic heterocycles. The number of rotatable bonds is 6. The molecule has 0 radical (unpaired) electrons. The summed E-state index contributed by atoms with van der Waals surface area (Å²) in [4.78, 5) is 2.60. The molecule has 0 saturated carbocycles. The van der Waals surface area contributed by atoms with E-state index in [4.69, 9.17) is 0 Å². The Morgan fingerprint density at radius 1 is 0.324 bits per heavy atom. The largest absolute Gasteiger partial charge is 0.310 e. The number of aryl methyl sites for hydroxylation is 2. The lowest BCUT2D eigenvalue weighted by atomic mass is 9.63. The quantitative estimate of drug-likeness (QED) is 0.161. The van der Waals surface area contributed by atoms with Crippen molar-refractivity contribution in [2.24, 2.45) is 0 Å². The van der Waals surface area contributed by atoms with Crippen LogP contribution in [0.4, 0.5) is 17.1 Å². The Morgan fingerprint density at radius 3 is 1.43 bits per heavy atom. The molecule has 0 bridgehead atoms. The molecule has 0 aliphatic heterocycles. The van der Waals surface area contributed by atoms with Crippen molar-refractivity contribution in [3.8, 4) is 55.6 Å². The molecule has 9 aromatic carbocycles. The van der Waals surface area contributed by atoms with Gasteiger partial charge in [0.15, 0.2) is 0 Å². The summed E-state index contributed by atoms with van der Waals surface area (Å²) in [7, 11) is 0. The smallest absolute Gasteiger partial charge is 0.0726 e. The van der Waals surface area contributed by atoms with Gasteiger partial charge < -0.3 is 4.90 Å². The van der Waals surface area contributed by atoms with Crippen molar-refractivity contribution in [3.63, 3.8) is 0 Å². The van der Waals surface area contributed by atoms with Gasteiger partial charge in [-0.25, -0.2) is 0 Å². The molecular formula is C67H57N. The second-order valence-electron chi connectivity index (χ2n) is 21.3. The summed E-state index contributed by atoms with van der Waals surface area (Å²) in [5.74, 6) is 0. The summed E-state index contributed by atoms with van der Waals surface area (Å²) in [6, 6.07) is 76.8. The van der Waals surface area contributed by atoms with E-state index in [9.17, 15) is 0 Å². The van der Waals surface area contributed by atoms with Crippen LogP contribution >= 0.6 is 0 Å². The van der Waals surface area contributed by atoms with Crippen LogP contribution in [0.1, 0.15) is 97.9 Å². The van der Waals surface area contributed by atoms with Gasteiger partial charge in [-0.05, 0) is 180 Å². The van der Waals surface area contributed by atoms with Gasteiger partial charge in [0.1, 0.15) is 0 Å². The second kappa shape index (κ2) is 15.4. The minimum atomic E-state index is -0.467. The third-order valence-electron chi connectivity index (χ3n) is 16.6. The number of fused-ring (bicyclic) bond motifs is 12. The highest BCUT2D eigenvalue weighted by molar-refractivity contribution is 6.00. The Balaban J connectivity index is 1.08. The molecule has 4 aliphatic rings. The van der Waals surface area contributed by atoms with Crippen molar-refractivity contribution < 1.29 is 0 Å². The van der Waals surface area contributed by atoms with E-state index < -0.39 is 5.41 Å². The van der Waals surface area contributed by atoms with Crippen LogP contribution in [0.3, 0.4) is 0 Å². The first-order chi connectivity index (χ1) is 33.2. The maximum absolute atomic E-state index is 2.62. The van der Waals surface area contributed by atoms with E-state index in [1.807, 2.05) is 0 Å². The van der Waals surface area contributed by atoms with Crippen LogP contribution in [0.2, 0.25) is 0 Å². The first-order valence-corrected chi connectivity index (χ1v) is 25.0. The third-order valence-corrected chi connectivity index (χ3v) is 16.6. The molecule has 13 rings (SSSR count). The van der Waals surface area contributed by atoms with Crippen molar-refractivity contribution >= 4 is 17.1 Å². The maximum Gasteiger partial charge on any atom is 0.0726 e. The Bertz CT molecular complexity index is 3390. The standard InChI is InChI=1S/C67H57N/c1-65(2)38-39-66(3,4)63-41-50(33-37-61(63)65)56-42-57-55-22-12-15-25-60(55)67(58-23-13-10-20-53(58)54-21-11-14-24-59(54)67)62(57)43-64(56)68(52-36-32-45-18-8-9-19-49(45)40-52)51-34-30-48(31-35-51)47-28-26-46(27-29-47)44-16-6-5-7-17-44/h5-7,10-17,20-37,40-43H,8-9,18-19,38-39H2,1-4H3. The molecule has 9 aromatic rings. The minimum Gasteiger partial charge on any atom is -0.310 e. The molecule has 0 amide bonds. The fourth-order valence-corrected chi connectivity index (χ4v) is 12.9. The highest BCUT2D eigenvalue weighted by Crippen LogP contribution is 2.64. The van der Waals surface area contributed by atoms with Crippen LogP contribution in [-0.2, 0) is 29.1 Å². The maximum atomic E-state index is 2.62. The monoisotopic (exact) mass is 875 g/mol. The van der Waals surface area contributed by atoms with E-state index in [0.29, 0.717) is 0 Å². The normalized spacial score (nSPS) is 16.2. The van der Waals surface area contributed by atoms with Crippen molar-refractivity contribution in [1.29, 1.82) is 0 Å². The van der Waals surface area contributed by atoms with E-state index in [2.05, 4.69) is 233 Å². The van der Waals surface area contributed by atoms with Gasteiger partial charge in [0.2, 0.25) is 0 Å². The summed E-state index contributed by atoms with van der Waals surface area (Å²) < 4.78 is 0. The van der Waals surface area contributed by atoms with Crippen LogP contribution in [-0.4, -0.2) is 0 Å². The topological polar surface area (TPSA) is 3.24 Å². The lowest BCUT2D eigenvalue weighted by Gasteiger charge is -2.42. The van der Waals surface area contributed by atoms with Crippen LogP contribution < -0.4 is 4.90 Å². The number of benzene rings is 9. The first-order valence-electron chi connectivity index (χ1n) is 25.0. The lowest BCUT2D eigenvalue weighted by molar-refractivity contribution is 0.332. The highest BCUT2D eigenvalue weighted by atomic mass is 15.1. The number of nitrogens with zero attached hydrogens (tertiary/aromatic N) is 1. The van der Waals surface area contributed by atoms with Gasteiger partial charge in [-0.3, -0.25) is 0 Å².